The molecule has 0 saturated carbocycles. The van der Waals surface area contributed by atoms with Crippen LogP contribution in [0, 0.1) is 0 Å². The van der Waals surface area contributed by atoms with Crippen LogP contribution in [0.4, 0.5) is 0 Å². The maximum atomic E-state index is 11.2. The van der Waals surface area contributed by atoms with Gasteiger partial charge in [-0.05, 0) is 57.3 Å². The van der Waals surface area contributed by atoms with Gasteiger partial charge >= 0.3 is 0 Å². The normalized spacial score (nSPS) is 11.1. The second-order valence-electron chi connectivity index (χ2n) is 5.08. The highest BCUT2D eigenvalue weighted by Gasteiger charge is 2.06. The Morgan fingerprint density at radius 2 is 1.60 bits per heavy atom. The number of carbonyl (C=O) groups is 1. The fourth-order valence-electron chi connectivity index (χ4n) is 2.69. The van der Waals surface area contributed by atoms with E-state index in [4.69, 9.17) is 11.6 Å². The lowest BCUT2D eigenvalue weighted by Crippen LogP contribution is -1.89. The van der Waals surface area contributed by atoms with Crippen LogP contribution in [0.1, 0.15) is 29.3 Å². The van der Waals surface area contributed by atoms with Crippen molar-refractivity contribution < 1.29 is 4.79 Å². The minimum atomic E-state index is -0.412. The van der Waals surface area contributed by atoms with Crippen molar-refractivity contribution in [1.29, 1.82) is 0 Å². The molecule has 3 aromatic rings. The summed E-state index contributed by atoms with van der Waals surface area (Å²) in [5.74, 6) is 0. The fraction of sp³-hybridized carbons (Fsp3) is 0.167. The molecule has 1 nitrogen and oxygen atoms in total. The molecule has 0 unspecified atom stereocenters. The molecule has 0 heterocycles. The first-order chi connectivity index (χ1) is 9.69. The van der Waals surface area contributed by atoms with E-state index in [0.29, 0.717) is 5.56 Å². The molecule has 0 aliphatic rings. The van der Waals surface area contributed by atoms with Gasteiger partial charge in [0.25, 0.3) is 5.24 Å². The Morgan fingerprint density at radius 3 is 2.25 bits per heavy atom. The second-order valence-corrected chi connectivity index (χ2v) is 5.42. The van der Waals surface area contributed by atoms with E-state index < -0.39 is 5.24 Å². The second kappa shape index (κ2) is 5.26. The SMILES string of the molecule is CCCc1ccc2c(ccc3cc(C(=O)Cl)ccc32)c1. The molecule has 0 atom stereocenters. The molecule has 0 fully saturated rings. The molecular weight excluding hydrogens is 268 g/mol. The van der Waals surface area contributed by atoms with Crippen molar-refractivity contribution in [3.8, 4) is 0 Å². The fourth-order valence-corrected chi connectivity index (χ4v) is 2.80. The standard InChI is InChI=1S/C18H15ClO/c1-2-3-12-4-8-16-13(10-12)5-6-14-11-15(18(19)20)7-9-17(14)16/h4-11H,2-3H2,1H3. The molecule has 0 radical (unpaired) electrons. The molecule has 100 valence electrons. The Hall–Kier alpha value is -1.86. The Kier molecular flexibility index (Phi) is 3.45. The van der Waals surface area contributed by atoms with E-state index in [1.54, 1.807) is 6.07 Å². The van der Waals surface area contributed by atoms with E-state index >= 15 is 0 Å². The number of benzene rings is 3. The van der Waals surface area contributed by atoms with Gasteiger partial charge < -0.3 is 0 Å². The van der Waals surface area contributed by atoms with Crippen molar-refractivity contribution in [3.05, 3.63) is 59.7 Å². The average Bonchev–Trinajstić information content (AvgIpc) is 2.46. The monoisotopic (exact) mass is 282 g/mol. The van der Waals surface area contributed by atoms with Gasteiger partial charge in [0, 0.05) is 5.56 Å². The smallest absolute Gasteiger partial charge is 0.252 e. The van der Waals surface area contributed by atoms with E-state index in [-0.39, 0.29) is 0 Å². The van der Waals surface area contributed by atoms with Gasteiger partial charge in [-0.25, -0.2) is 0 Å². The maximum absolute atomic E-state index is 11.2. The highest BCUT2D eigenvalue weighted by atomic mass is 35.5. The summed E-state index contributed by atoms with van der Waals surface area (Å²) in [5.41, 5.74) is 1.91. The molecule has 0 N–H and O–H groups in total. The number of carbonyl (C=O) groups excluding carboxylic acids is 1. The zero-order valence-electron chi connectivity index (χ0n) is 11.3. The molecule has 0 aliphatic carbocycles. The summed E-state index contributed by atoms with van der Waals surface area (Å²) in [6, 6.07) is 16.4. The third kappa shape index (κ3) is 2.30. The van der Waals surface area contributed by atoms with Gasteiger partial charge in [0.1, 0.15) is 0 Å². The minimum absolute atomic E-state index is 0.412. The van der Waals surface area contributed by atoms with Crippen LogP contribution in [0.5, 0.6) is 0 Å². The molecule has 0 bridgehead atoms. The zero-order chi connectivity index (χ0) is 14.1. The molecule has 3 aromatic carbocycles. The van der Waals surface area contributed by atoms with Crippen LogP contribution in [0.25, 0.3) is 21.5 Å². The average molecular weight is 283 g/mol. The van der Waals surface area contributed by atoms with Crippen LogP contribution < -0.4 is 0 Å². The van der Waals surface area contributed by atoms with Crippen molar-refractivity contribution in [3.63, 3.8) is 0 Å². The molecule has 0 amide bonds. The number of halogens is 1. The first-order valence-corrected chi connectivity index (χ1v) is 7.22. The third-order valence-electron chi connectivity index (χ3n) is 3.67. The first kappa shape index (κ1) is 13.1. The van der Waals surface area contributed by atoms with Gasteiger partial charge in [0.15, 0.2) is 0 Å². The van der Waals surface area contributed by atoms with E-state index in [9.17, 15) is 4.79 Å². The lowest BCUT2D eigenvalue weighted by Gasteiger charge is -2.07. The number of fused-ring (bicyclic) bond motifs is 3. The maximum Gasteiger partial charge on any atom is 0.252 e. The number of hydrogen-bond acceptors (Lipinski definition) is 1. The molecular formula is C18H15ClO. The van der Waals surface area contributed by atoms with Crippen LogP contribution in [0.3, 0.4) is 0 Å². The van der Waals surface area contributed by atoms with E-state index in [1.807, 2.05) is 12.1 Å². The number of rotatable bonds is 3. The highest BCUT2D eigenvalue weighted by Crippen LogP contribution is 2.27. The quantitative estimate of drug-likeness (QED) is 0.469. The number of hydrogen-bond donors (Lipinski definition) is 0. The molecule has 2 heteroatoms. The Bertz CT molecular complexity index is 805. The van der Waals surface area contributed by atoms with Crippen LogP contribution >= 0.6 is 11.6 Å². The summed E-state index contributed by atoms with van der Waals surface area (Å²) >= 11 is 5.54. The lowest BCUT2D eigenvalue weighted by molar-refractivity contribution is 0.108. The van der Waals surface area contributed by atoms with Gasteiger partial charge in [0.2, 0.25) is 0 Å². The molecule has 0 aromatic heterocycles. The van der Waals surface area contributed by atoms with Crippen molar-refractivity contribution in [2.75, 3.05) is 0 Å². The summed E-state index contributed by atoms with van der Waals surface area (Å²) in [6.45, 7) is 2.19. The van der Waals surface area contributed by atoms with E-state index in [2.05, 4.69) is 37.3 Å². The van der Waals surface area contributed by atoms with Crippen LogP contribution in [-0.2, 0) is 6.42 Å². The van der Waals surface area contributed by atoms with E-state index in [1.165, 1.54) is 16.3 Å². The molecule has 0 spiro atoms. The van der Waals surface area contributed by atoms with Gasteiger partial charge in [-0.3, -0.25) is 4.79 Å². The lowest BCUT2D eigenvalue weighted by atomic mass is 9.98. The molecule has 20 heavy (non-hydrogen) atoms. The largest absolute Gasteiger partial charge is 0.276 e. The van der Waals surface area contributed by atoms with Gasteiger partial charge in [0.05, 0.1) is 0 Å². The van der Waals surface area contributed by atoms with Crippen molar-refractivity contribution in [2.45, 2.75) is 19.8 Å². The Labute approximate surface area is 123 Å². The third-order valence-corrected chi connectivity index (χ3v) is 3.88. The molecule has 3 rings (SSSR count). The number of aryl methyl sites for hydroxylation is 1. The summed E-state index contributed by atoms with van der Waals surface area (Å²) < 4.78 is 0. The Balaban J connectivity index is 2.23. The zero-order valence-corrected chi connectivity index (χ0v) is 12.1. The Morgan fingerprint density at radius 1 is 0.950 bits per heavy atom. The van der Waals surface area contributed by atoms with Gasteiger partial charge in [-0.2, -0.15) is 0 Å². The summed E-state index contributed by atoms with van der Waals surface area (Å²) in [5, 5.41) is 4.26. The van der Waals surface area contributed by atoms with Crippen molar-refractivity contribution in [1.82, 2.24) is 0 Å². The first-order valence-electron chi connectivity index (χ1n) is 6.84. The summed E-state index contributed by atoms with van der Waals surface area (Å²) in [6.07, 6.45) is 2.26. The topological polar surface area (TPSA) is 17.1 Å². The summed E-state index contributed by atoms with van der Waals surface area (Å²) in [7, 11) is 0. The minimum Gasteiger partial charge on any atom is -0.276 e. The highest BCUT2D eigenvalue weighted by molar-refractivity contribution is 6.67. The van der Waals surface area contributed by atoms with E-state index in [0.717, 1.165) is 23.6 Å². The van der Waals surface area contributed by atoms with Crippen molar-refractivity contribution >= 4 is 38.4 Å². The van der Waals surface area contributed by atoms with Gasteiger partial charge in [-0.1, -0.05) is 49.7 Å². The molecule has 0 aliphatic heterocycles. The van der Waals surface area contributed by atoms with Crippen LogP contribution in [0.2, 0.25) is 0 Å². The van der Waals surface area contributed by atoms with Gasteiger partial charge in [-0.15, -0.1) is 0 Å². The van der Waals surface area contributed by atoms with Crippen molar-refractivity contribution in [2.24, 2.45) is 0 Å². The predicted molar refractivity (Wildman–Crippen MR) is 85.6 cm³/mol. The van der Waals surface area contributed by atoms with Crippen LogP contribution in [0.15, 0.2) is 48.5 Å². The summed E-state index contributed by atoms with van der Waals surface area (Å²) in [4.78, 5) is 11.2. The van der Waals surface area contributed by atoms with Crippen LogP contribution in [-0.4, -0.2) is 5.24 Å². The predicted octanol–water partition coefficient (Wildman–Crippen LogP) is 5.32. The molecule has 0 saturated heterocycles.